The largest absolute Gasteiger partial charge is 0.467 e. The van der Waals surface area contributed by atoms with E-state index in [4.69, 9.17) is 0 Å². The van der Waals surface area contributed by atoms with Crippen LogP contribution in [0.2, 0.25) is 0 Å². The molecular weight excluding hydrogens is 246 g/mol. The van der Waals surface area contributed by atoms with E-state index in [1.165, 1.54) is 14.0 Å². The van der Waals surface area contributed by atoms with Crippen LogP contribution in [0, 0.1) is 6.92 Å². The molecule has 0 spiro atoms. The van der Waals surface area contributed by atoms with Gasteiger partial charge in [-0.15, -0.1) is 0 Å². The summed E-state index contributed by atoms with van der Waals surface area (Å²) in [4.78, 5) is 20.1. The van der Waals surface area contributed by atoms with Gasteiger partial charge >= 0.3 is 5.97 Å². The molecule has 6 nitrogen and oxygen atoms in total. The maximum Gasteiger partial charge on any atom is 0.339 e. The Labute approximate surface area is 112 Å². The fourth-order valence-electron chi connectivity index (χ4n) is 1.76. The highest BCUT2D eigenvalue weighted by atomic mass is 16.5. The quantitative estimate of drug-likeness (QED) is 0.773. The summed E-state index contributed by atoms with van der Waals surface area (Å²) < 4.78 is 4.54. The molecule has 0 bridgehead atoms. The van der Waals surface area contributed by atoms with E-state index in [1.807, 2.05) is 6.92 Å². The number of carbonyl (C=O) groups is 1. The van der Waals surface area contributed by atoms with Gasteiger partial charge in [0.15, 0.2) is 5.60 Å². The molecule has 1 aliphatic carbocycles. The third-order valence-corrected chi connectivity index (χ3v) is 3.05. The maximum absolute atomic E-state index is 11.4. The lowest BCUT2D eigenvalue weighted by molar-refractivity contribution is -0.158. The zero-order valence-electron chi connectivity index (χ0n) is 11.4. The molecular formula is C13H19N3O3. The third kappa shape index (κ3) is 3.41. The number of nitrogens with zero attached hydrogens (tertiary/aromatic N) is 2. The van der Waals surface area contributed by atoms with Crippen LogP contribution in [0.5, 0.6) is 0 Å². The van der Waals surface area contributed by atoms with Crippen LogP contribution in [0.25, 0.3) is 0 Å². The Morgan fingerprint density at radius 3 is 2.84 bits per heavy atom. The van der Waals surface area contributed by atoms with Crippen LogP contribution < -0.4 is 5.32 Å². The average Bonchev–Trinajstić information content (AvgIpc) is 3.19. The van der Waals surface area contributed by atoms with Crippen LogP contribution in [-0.2, 0) is 9.53 Å². The molecule has 1 saturated carbocycles. The van der Waals surface area contributed by atoms with Gasteiger partial charge in [0.1, 0.15) is 11.6 Å². The van der Waals surface area contributed by atoms with Crippen LogP contribution in [0.15, 0.2) is 6.07 Å². The molecule has 1 aromatic rings. The molecule has 1 aromatic heterocycles. The minimum absolute atomic E-state index is 0.0419. The molecule has 0 aromatic carbocycles. The second-order valence-corrected chi connectivity index (χ2v) is 5.15. The molecule has 1 atom stereocenters. The zero-order chi connectivity index (χ0) is 14.0. The number of hydrogen-bond acceptors (Lipinski definition) is 6. The van der Waals surface area contributed by atoms with E-state index in [0.717, 1.165) is 24.4 Å². The number of nitrogens with one attached hydrogen (secondary N) is 1. The van der Waals surface area contributed by atoms with Crippen molar-refractivity contribution in [3.8, 4) is 0 Å². The number of rotatable bonds is 5. The van der Waals surface area contributed by atoms with Gasteiger partial charge in [0.25, 0.3) is 0 Å². The van der Waals surface area contributed by atoms with Crippen molar-refractivity contribution in [2.45, 2.75) is 38.2 Å². The Kier molecular flexibility index (Phi) is 3.71. The Bertz CT molecular complexity index is 484. The smallest absolute Gasteiger partial charge is 0.339 e. The third-order valence-electron chi connectivity index (χ3n) is 3.05. The summed E-state index contributed by atoms with van der Waals surface area (Å²) in [7, 11) is 1.25. The normalized spacial score (nSPS) is 17.7. The highest BCUT2D eigenvalue weighted by Crippen LogP contribution is 2.38. The van der Waals surface area contributed by atoms with Gasteiger partial charge in [-0.1, -0.05) is 0 Å². The first kappa shape index (κ1) is 13.7. The molecule has 0 amide bonds. The number of aromatic nitrogens is 2. The lowest BCUT2D eigenvalue weighted by Gasteiger charge is -2.21. The second kappa shape index (κ2) is 5.13. The first-order valence-electron chi connectivity index (χ1n) is 6.32. The number of aliphatic hydroxyl groups is 1. The number of anilines is 1. The minimum Gasteiger partial charge on any atom is -0.467 e. The van der Waals surface area contributed by atoms with E-state index < -0.39 is 11.6 Å². The minimum atomic E-state index is -1.58. The van der Waals surface area contributed by atoms with Crippen LogP contribution >= 0.6 is 0 Å². The van der Waals surface area contributed by atoms with Gasteiger partial charge in [-0.25, -0.2) is 14.8 Å². The van der Waals surface area contributed by atoms with Crippen molar-refractivity contribution >= 4 is 11.8 Å². The lowest BCUT2D eigenvalue weighted by Crippen LogP contribution is -2.43. The summed E-state index contributed by atoms with van der Waals surface area (Å²) in [5, 5.41) is 12.9. The lowest BCUT2D eigenvalue weighted by atomic mass is 10.1. The first-order chi connectivity index (χ1) is 8.92. The molecule has 0 aliphatic heterocycles. The summed E-state index contributed by atoms with van der Waals surface area (Å²) in [5.41, 5.74) is -0.704. The molecule has 2 rings (SSSR count). The van der Waals surface area contributed by atoms with Crippen LogP contribution in [0.4, 0.5) is 5.82 Å². The van der Waals surface area contributed by atoms with Crippen LogP contribution in [0.3, 0.4) is 0 Å². The predicted molar refractivity (Wildman–Crippen MR) is 69.9 cm³/mol. The highest BCUT2D eigenvalue weighted by molar-refractivity contribution is 5.79. The maximum atomic E-state index is 11.4. The number of methoxy groups -OCH3 is 1. The highest BCUT2D eigenvalue weighted by Gasteiger charge is 2.32. The topological polar surface area (TPSA) is 84.3 Å². The standard InChI is InChI=1S/C13H19N3O3/c1-8-6-10(16-11(15-8)9-4-5-9)14-7-13(2,18)12(17)19-3/h6,9,18H,4-5,7H2,1-3H3,(H,14,15,16). The van der Waals surface area contributed by atoms with Crippen molar-refractivity contribution in [2.24, 2.45) is 0 Å². The fourth-order valence-corrected chi connectivity index (χ4v) is 1.76. The Morgan fingerprint density at radius 1 is 1.58 bits per heavy atom. The van der Waals surface area contributed by atoms with Gasteiger partial charge in [-0.3, -0.25) is 0 Å². The molecule has 19 heavy (non-hydrogen) atoms. The molecule has 1 aliphatic rings. The first-order valence-corrected chi connectivity index (χ1v) is 6.32. The summed E-state index contributed by atoms with van der Waals surface area (Å²) in [6.45, 7) is 3.35. The van der Waals surface area contributed by atoms with E-state index in [2.05, 4.69) is 20.0 Å². The van der Waals surface area contributed by atoms with Gasteiger partial charge in [-0.2, -0.15) is 0 Å². The van der Waals surface area contributed by atoms with Gasteiger partial charge < -0.3 is 15.2 Å². The van der Waals surface area contributed by atoms with E-state index in [9.17, 15) is 9.90 Å². The van der Waals surface area contributed by atoms with E-state index in [1.54, 1.807) is 6.07 Å². The SMILES string of the molecule is COC(=O)C(C)(O)CNc1cc(C)nc(C2CC2)n1. The molecule has 1 unspecified atom stereocenters. The fraction of sp³-hybridized carbons (Fsp3) is 0.615. The van der Waals surface area contributed by atoms with Gasteiger partial charge in [0.2, 0.25) is 0 Å². The van der Waals surface area contributed by atoms with Crippen molar-refractivity contribution < 1.29 is 14.6 Å². The number of carbonyl (C=O) groups excluding carboxylic acids is 1. The molecule has 104 valence electrons. The van der Waals surface area contributed by atoms with Crippen LogP contribution in [0.1, 0.15) is 37.2 Å². The summed E-state index contributed by atoms with van der Waals surface area (Å²) >= 11 is 0. The second-order valence-electron chi connectivity index (χ2n) is 5.15. The molecule has 6 heteroatoms. The van der Waals surface area contributed by atoms with Gasteiger partial charge in [0.05, 0.1) is 13.7 Å². The number of esters is 1. The van der Waals surface area contributed by atoms with E-state index in [0.29, 0.717) is 11.7 Å². The number of ether oxygens (including phenoxy) is 1. The Morgan fingerprint density at radius 2 is 2.26 bits per heavy atom. The average molecular weight is 265 g/mol. The summed E-state index contributed by atoms with van der Waals surface area (Å²) in [5.74, 6) is 1.24. The van der Waals surface area contributed by atoms with Crippen molar-refractivity contribution in [2.75, 3.05) is 19.0 Å². The number of hydrogen-bond donors (Lipinski definition) is 2. The van der Waals surface area contributed by atoms with Crippen LogP contribution in [-0.4, -0.2) is 40.3 Å². The van der Waals surface area contributed by atoms with Gasteiger partial charge in [-0.05, 0) is 26.7 Å². The molecule has 0 radical (unpaired) electrons. The van der Waals surface area contributed by atoms with Crippen molar-refractivity contribution in [3.05, 3.63) is 17.6 Å². The molecule has 1 heterocycles. The van der Waals surface area contributed by atoms with Crippen molar-refractivity contribution in [1.29, 1.82) is 0 Å². The van der Waals surface area contributed by atoms with E-state index >= 15 is 0 Å². The molecule has 1 fully saturated rings. The summed E-state index contributed by atoms with van der Waals surface area (Å²) in [6, 6.07) is 1.79. The zero-order valence-corrected chi connectivity index (χ0v) is 11.4. The monoisotopic (exact) mass is 265 g/mol. The van der Waals surface area contributed by atoms with E-state index in [-0.39, 0.29) is 6.54 Å². The van der Waals surface area contributed by atoms with Crippen molar-refractivity contribution in [1.82, 2.24) is 9.97 Å². The Hall–Kier alpha value is -1.69. The molecule has 0 saturated heterocycles. The predicted octanol–water partition coefficient (Wildman–Crippen LogP) is 0.998. The number of aryl methyl sites for hydroxylation is 1. The van der Waals surface area contributed by atoms with Gasteiger partial charge in [0, 0.05) is 17.7 Å². The summed E-state index contributed by atoms with van der Waals surface area (Å²) in [6.07, 6.45) is 2.26. The molecule has 2 N–H and O–H groups in total. The Balaban J connectivity index is 2.05. The van der Waals surface area contributed by atoms with Crippen molar-refractivity contribution in [3.63, 3.8) is 0 Å².